The second kappa shape index (κ2) is 7.02. The highest BCUT2D eigenvalue weighted by atomic mass is 16.5. The van der Waals surface area contributed by atoms with E-state index in [0.29, 0.717) is 11.8 Å². The SMILES string of the molecule is COc1cccc2c(-c3ccc4c(c3O)[C@@H](C)N[C@H](C)C4)c(C)cc(OC)c12. The Kier molecular flexibility index (Phi) is 4.68. The molecule has 4 nitrogen and oxygen atoms in total. The van der Waals surface area contributed by atoms with Gasteiger partial charge in [0.05, 0.1) is 19.6 Å². The van der Waals surface area contributed by atoms with E-state index in [-0.39, 0.29) is 6.04 Å². The summed E-state index contributed by atoms with van der Waals surface area (Å²) < 4.78 is 11.2. The van der Waals surface area contributed by atoms with Crippen molar-refractivity contribution in [3.8, 4) is 28.4 Å². The average Bonchev–Trinajstić information content (AvgIpc) is 2.67. The van der Waals surface area contributed by atoms with Crippen LogP contribution in [0.4, 0.5) is 0 Å². The van der Waals surface area contributed by atoms with Crippen molar-refractivity contribution < 1.29 is 14.6 Å². The predicted molar refractivity (Wildman–Crippen MR) is 114 cm³/mol. The summed E-state index contributed by atoms with van der Waals surface area (Å²) >= 11 is 0. The minimum Gasteiger partial charge on any atom is -0.507 e. The van der Waals surface area contributed by atoms with Gasteiger partial charge >= 0.3 is 0 Å². The maximum absolute atomic E-state index is 11.3. The summed E-state index contributed by atoms with van der Waals surface area (Å²) in [5.74, 6) is 1.90. The monoisotopic (exact) mass is 377 g/mol. The molecule has 146 valence electrons. The van der Waals surface area contributed by atoms with Gasteiger partial charge in [0, 0.05) is 23.2 Å². The first kappa shape index (κ1) is 18.6. The number of benzene rings is 3. The minimum absolute atomic E-state index is 0.109. The maximum atomic E-state index is 11.3. The molecule has 1 heterocycles. The zero-order valence-corrected chi connectivity index (χ0v) is 17.1. The van der Waals surface area contributed by atoms with Crippen LogP contribution in [0.3, 0.4) is 0 Å². The van der Waals surface area contributed by atoms with Gasteiger partial charge in [0.1, 0.15) is 17.2 Å². The van der Waals surface area contributed by atoms with Crippen LogP contribution in [-0.2, 0) is 6.42 Å². The number of nitrogens with one attached hydrogen (secondary N) is 1. The van der Waals surface area contributed by atoms with Crippen molar-refractivity contribution in [1.29, 1.82) is 0 Å². The van der Waals surface area contributed by atoms with Crippen molar-refractivity contribution in [2.45, 2.75) is 39.3 Å². The highest BCUT2D eigenvalue weighted by molar-refractivity contribution is 6.05. The van der Waals surface area contributed by atoms with Gasteiger partial charge in [0.15, 0.2) is 0 Å². The van der Waals surface area contributed by atoms with Crippen LogP contribution >= 0.6 is 0 Å². The fraction of sp³-hybridized carbons (Fsp3) is 0.333. The Morgan fingerprint density at radius 1 is 1.04 bits per heavy atom. The summed E-state index contributed by atoms with van der Waals surface area (Å²) in [5, 5.41) is 16.8. The minimum atomic E-state index is 0.109. The lowest BCUT2D eigenvalue weighted by Gasteiger charge is -2.31. The number of aryl methyl sites for hydroxylation is 1. The maximum Gasteiger partial charge on any atom is 0.130 e. The number of methoxy groups -OCH3 is 2. The van der Waals surface area contributed by atoms with E-state index in [1.54, 1.807) is 14.2 Å². The van der Waals surface area contributed by atoms with Crippen LogP contribution in [-0.4, -0.2) is 25.4 Å². The molecule has 1 aliphatic heterocycles. The first-order valence-electron chi connectivity index (χ1n) is 9.71. The third kappa shape index (κ3) is 2.80. The highest BCUT2D eigenvalue weighted by Gasteiger charge is 2.27. The fourth-order valence-corrected chi connectivity index (χ4v) is 4.65. The molecule has 2 N–H and O–H groups in total. The zero-order chi connectivity index (χ0) is 20.0. The van der Waals surface area contributed by atoms with Gasteiger partial charge in [-0.15, -0.1) is 0 Å². The first-order valence-corrected chi connectivity index (χ1v) is 9.71. The van der Waals surface area contributed by atoms with Crippen molar-refractivity contribution >= 4 is 10.8 Å². The van der Waals surface area contributed by atoms with Gasteiger partial charge < -0.3 is 19.9 Å². The Labute approximate surface area is 166 Å². The van der Waals surface area contributed by atoms with Crippen LogP contribution in [0.25, 0.3) is 21.9 Å². The second-order valence-corrected chi connectivity index (χ2v) is 7.68. The standard InChI is InChI=1S/C24H27NO3/c1-13-11-20(28-5)23-17(7-6-8-19(23)27-4)21(13)18-10-9-16-12-14(2)25-15(3)22(16)24(18)26/h6-11,14-15,25-26H,12H2,1-5H3/t14-,15-/m1/s1. The number of hydrogen-bond acceptors (Lipinski definition) is 4. The summed E-state index contributed by atoms with van der Waals surface area (Å²) in [6.45, 7) is 6.34. The number of aromatic hydroxyl groups is 1. The van der Waals surface area contributed by atoms with E-state index in [1.165, 1.54) is 5.56 Å². The molecule has 2 atom stereocenters. The van der Waals surface area contributed by atoms with Gasteiger partial charge in [-0.3, -0.25) is 0 Å². The molecular formula is C24H27NO3. The summed E-state index contributed by atoms with van der Waals surface area (Å²) in [6.07, 6.45) is 0.920. The van der Waals surface area contributed by atoms with Crippen molar-refractivity contribution in [2.75, 3.05) is 14.2 Å². The molecule has 3 aromatic carbocycles. The van der Waals surface area contributed by atoms with Crippen molar-refractivity contribution in [2.24, 2.45) is 0 Å². The van der Waals surface area contributed by atoms with Crippen molar-refractivity contribution in [3.63, 3.8) is 0 Å². The zero-order valence-electron chi connectivity index (χ0n) is 17.1. The van der Waals surface area contributed by atoms with Crippen LogP contribution in [0.5, 0.6) is 17.2 Å². The molecule has 1 aliphatic rings. The lowest BCUT2D eigenvalue weighted by atomic mass is 9.85. The molecule has 4 heteroatoms. The molecule has 28 heavy (non-hydrogen) atoms. The summed E-state index contributed by atoms with van der Waals surface area (Å²) in [5.41, 5.74) is 5.13. The Hall–Kier alpha value is -2.72. The van der Waals surface area contributed by atoms with Gasteiger partial charge in [0.2, 0.25) is 0 Å². The molecule has 3 aromatic rings. The average molecular weight is 377 g/mol. The third-order valence-electron chi connectivity index (χ3n) is 5.79. The molecule has 0 radical (unpaired) electrons. The number of ether oxygens (including phenoxy) is 2. The molecule has 0 saturated heterocycles. The smallest absolute Gasteiger partial charge is 0.130 e. The highest BCUT2D eigenvalue weighted by Crippen LogP contribution is 2.46. The molecule has 0 spiro atoms. The molecule has 0 unspecified atom stereocenters. The normalized spacial score (nSPS) is 18.8. The second-order valence-electron chi connectivity index (χ2n) is 7.68. The van der Waals surface area contributed by atoms with Gasteiger partial charge in [0.25, 0.3) is 0 Å². The van der Waals surface area contributed by atoms with Crippen molar-refractivity contribution in [1.82, 2.24) is 5.32 Å². The van der Waals surface area contributed by atoms with Gasteiger partial charge in [-0.1, -0.05) is 24.3 Å². The van der Waals surface area contributed by atoms with Crippen LogP contribution in [0.15, 0.2) is 36.4 Å². The Morgan fingerprint density at radius 2 is 1.79 bits per heavy atom. The molecule has 0 fully saturated rings. The van der Waals surface area contributed by atoms with E-state index < -0.39 is 0 Å². The fourth-order valence-electron chi connectivity index (χ4n) is 4.65. The van der Waals surface area contributed by atoms with Crippen LogP contribution in [0.2, 0.25) is 0 Å². The Bertz CT molecular complexity index is 1060. The third-order valence-corrected chi connectivity index (χ3v) is 5.79. The van der Waals surface area contributed by atoms with E-state index in [4.69, 9.17) is 9.47 Å². The number of hydrogen-bond donors (Lipinski definition) is 2. The quantitative estimate of drug-likeness (QED) is 0.664. The summed E-state index contributed by atoms with van der Waals surface area (Å²) in [6, 6.07) is 12.7. The van der Waals surface area contributed by atoms with E-state index in [1.807, 2.05) is 24.3 Å². The van der Waals surface area contributed by atoms with E-state index in [2.05, 4.69) is 38.2 Å². The van der Waals surface area contributed by atoms with Crippen molar-refractivity contribution in [3.05, 3.63) is 53.1 Å². The van der Waals surface area contributed by atoms with Gasteiger partial charge in [-0.2, -0.15) is 0 Å². The lowest BCUT2D eigenvalue weighted by molar-refractivity contribution is 0.404. The molecule has 0 amide bonds. The predicted octanol–water partition coefficient (Wildman–Crippen LogP) is 5.13. The van der Waals surface area contributed by atoms with E-state index in [9.17, 15) is 5.11 Å². The van der Waals surface area contributed by atoms with E-state index >= 15 is 0 Å². The van der Waals surface area contributed by atoms with Crippen LogP contribution in [0.1, 0.15) is 36.6 Å². The first-order chi connectivity index (χ1) is 13.5. The topological polar surface area (TPSA) is 50.7 Å². The summed E-state index contributed by atoms with van der Waals surface area (Å²) in [7, 11) is 3.34. The number of fused-ring (bicyclic) bond motifs is 2. The molecular weight excluding hydrogens is 350 g/mol. The van der Waals surface area contributed by atoms with Crippen LogP contribution < -0.4 is 14.8 Å². The Morgan fingerprint density at radius 3 is 2.50 bits per heavy atom. The largest absolute Gasteiger partial charge is 0.507 e. The van der Waals surface area contributed by atoms with E-state index in [0.717, 1.165) is 50.9 Å². The molecule has 0 aliphatic carbocycles. The molecule has 0 aromatic heterocycles. The number of phenolic OH excluding ortho intramolecular Hbond substituents is 1. The summed E-state index contributed by atoms with van der Waals surface area (Å²) in [4.78, 5) is 0. The Balaban J connectivity index is 2.04. The molecule has 4 rings (SSSR count). The molecule has 0 bridgehead atoms. The van der Waals surface area contributed by atoms with Gasteiger partial charge in [-0.25, -0.2) is 0 Å². The van der Waals surface area contributed by atoms with Gasteiger partial charge in [-0.05, 0) is 61.4 Å². The lowest BCUT2D eigenvalue weighted by Crippen LogP contribution is -2.36. The molecule has 0 saturated carbocycles. The van der Waals surface area contributed by atoms with Crippen LogP contribution in [0, 0.1) is 6.92 Å². The number of phenols is 1. The number of rotatable bonds is 3.